The number of nitrogens with zero attached hydrogens (tertiary/aromatic N) is 3. The zero-order valence-electron chi connectivity index (χ0n) is 12.8. The SMILES string of the molecule is NC(=O)c1cccc(-c2cccc(-c3cnc4cnccn34)c2)c1. The Morgan fingerprint density at radius 1 is 0.958 bits per heavy atom. The van der Waals surface area contributed by atoms with Gasteiger partial charge in [0, 0.05) is 23.5 Å². The normalized spacial score (nSPS) is 10.8. The number of aromatic nitrogens is 3. The Morgan fingerprint density at radius 3 is 2.54 bits per heavy atom. The Hall–Kier alpha value is -3.47. The number of hydrogen-bond acceptors (Lipinski definition) is 3. The van der Waals surface area contributed by atoms with Crippen molar-refractivity contribution in [2.24, 2.45) is 5.73 Å². The third-order valence-corrected chi connectivity index (χ3v) is 3.96. The van der Waals surface area contributed by atoms with E-state index in [1.165, 1.54) is 0 Å². The molecule has 1 amide bonds. The average molecular weight is 314 g/mol. The van der Waals surface area contributed by atoms with Crippen LogP contribution in [0.15, 0.2) is 73.3 Å². The van der Waals surface area contributed by atoms with Crippen LogP contribution in [0, 0.1) is 0 Å². The topological polar surface area (TPSA) is 73.3 Å². The molecule has 5 heteroatoms. The molecule has 5 nitrogen and oxygen atoms in total. The fraction of sp³-hybridized carbons (Fsp3) is 0. The molecule has 2 N–H and O–H groups in total. The monoisotopic (exact) mass is 314 g/mol. The van der Waals surface area contributed by atoms with Gasteiger partial charge in [-0.3, -0.25) is 14.2 Å². The summed E-state index contributed by atoms with van der Waals surface area (Å²) < 4.78 is 1.99. The summed E-state index contributed by atoms with van der Waals surface area (Å²) in [7, 11) is 0. The van der Waals surface area contributed by atoms with E-state index in [0.29, 0.717) is 5.56 Å². The van der Waals surface area contributed by atoms with Crippen molar-refractivity contribution in [2.75, 3.05) is 0 Å². The van der Waals surface area contributed by atoms with E-state index >= 15 is 0 Å². The molecule has 0 fully saturated rings. The summed E-state index contributed by atoms with van der Waals surface area (Å²) in [6.45, 7) is 0. The lowest BCUT2D eigenvalue weighted by Crippen LogP contribution is -2.10. The van der Waals surface area contributed by atoms with Gasteiger partial charge in [-0.1, -0.05) is 30.3 Å². The highest BCUT2D eigenvalue weighted by Crippen LogP contribution is 2.27. The van der Waals surface area contributed by atoms with E-state index in [1.54, 1.807) is 24.5 Å². The molecule has 116 valence electrons. The molecule has 0 atom stereocenters. The van der Waals surface area contributed by atoms with Gasteiger partial charge < -0.3 is 5.73 Å². The lowest BCUT2D eigenvalue weighted by atomic mass is 10.00. The van der Waals surface area contributed by atoms with Gasteiger partial charge in [0.1, 0.15) is 0 Å². The largest absolute Gasteiger partial charge is 0.366 e. The number of fused-ring (bicyclic) bond motifs is 1. The molecule has 0 aliphatic heterocycles. The van der Waals surface area contributed by atoms with Crippen LogP contribution >= 0.6 is 0 Å². The summed E-state index contributed by atoms with van der Waals surface area (Å²) >= 11 is 0. The van der Waals surface area contributed by atoms with Crippen molar-refractivity contribution in [1.82, 2.24) is 14.4 Å². The minimum Gasteiger partial charge on any atom is -0.366 e. The molecule has 0 unspecified atom stereocenters. The summed E-state index contributed by atoms with van der Waals surface area (Å²) in [5, 5.41) is 0. The zero-order valence-corrected chi connectivity index (χ0v) is 12.8. The maximum atomic E-state index is 11.4. The summed E-state index contributed by atoms with van der Waals surface area (Å²) in [4.78, 5) is 19.8. The molecule has 0 aliphatic carbocycles. The van der Waals surface area contributed by atoms with Gasteiger partial charge in [0.2, 0.25) is 5.91 Å². The lowest BCUT2D eigenvalue weighted by molar-refractivity contribution is 0.100. The molecule has 2 heterocycles. The van der Waals surface area contributed by atoms with Crippen molar-refractivity contribution in [1.29, 1.82) is 0 Å². The maximum absolute atomic E-state index is 11.4. The number of imidazole rings is 1. The van der Waals surface area contributed by atoms with Crippen LogP contribution in [0.25, 0.3) is 28.0 Å². The van der Waals surface area contributed by atoms with Gasteiger partial charge in [0.05, 0.1) is 18.1 Å². The Bertz CT molecular complexity index is 1050. The summed E-state index contributed by atoms with van der Waals surface area (Å²) in [6, 6.07) is 15.4. The standard InChI is InChI=1S/C19H14N4O/c20-19(24)16-6-2-4-14(10-16)13-3-1-5-15(9-13)17-11-22-18-12-21-7-8-23(17)18/h1-12H,(H2,20,24). The second-order valence-corrected chi connectivity index (χ2v) is 5.47. The predicted molar refractivity (Wildman–Crippen MR) is 92.4 cm³/mol. The number of carbonyl (C=O) groups excluding carboxylic acids is 1. The summed E-state index contributed by atoms with van der Waals surface area (Å²) in [6.07, 6.45) is 7.18. The Labute approximate surface area is 138 Å². The number of carbonyl (C=O) groups is 1. The fourth-order valence-electron chi connectivity index (χ4n) is 2.77. The Balaban J connectivity index is 1.82. The highest BCUT2D eigenvalue weighted by atomic mass is 16.1. The number of amides is 1. The van der Waals surface area contributed by atoms with Crippen LogP contribution in [0.3, 0.4) is 0 Å². The summed E-state index contributed by atoms with van der Waals surface area (Å²) in [5.74, 6) is -0.428. The van der Waals surface area contributed by atoms with Crippen LogP contribution in [0.1, 0.15) is 10.4 Å². The minimum atomic E-state index is -0.428. The van der Waals surface area contributed by atoms with Crippen molar-refractivity contribution in [2.45, 2.75) is 0 Å². The molecule has 0 saturated heterocycles. The molecule has 4 rings (SSSR count). The number of hydrogen-bond donors (Lipinski definition) is 1. The smallest absolute Gasteiger partial charge is 0.248 e. The first-order chi connectivity index (χ1) is 11.7. The zero-order chi connectivity index (χ0) is 16.5. The van der Waals surface area contributed by atoms with E-state index in [0.717, 1.165) is 28.0 Å². The molecule has 0 spiro atoms. The van der Waals surface area contributed by atoms with E-state index in [2.05, 4.69) is 16.0 Å². The van der Waals surface area contributed by atoms with E-state index in [1.807, 2.05) is 47.1 Å². The quantitative estimate of drug-likeness (QED) is 0.631. The Kier molecular flexibility index (Phi) is 3.31. The first-order valence-corrected chi connectivity index (χ1v) is 7.50. The minimum absolute atomic E-state index is 0.428. The van der Waals surface area contributed by atoms with Crippen LogP contribution in [-0.4, -0.2) is 20.3 Å². The summed E-state index contributed by atoms with van der Waals surface area (Å²) in [5.41, 5.74) is 10.7. The third-order valence-electron chi connectivity index (χ3n) is 3.96. The van der Waals surface area contributed by atoms with Crippen molar-refractivity contribution >= 4 is 11.6 Å². The highest BCUT2D eigenvalue weighted by Gasteiger charge is 2.08. The molecular formula is C19H14N4O. The number of rotatable bonds is 3. The maximum Gasteiger partial charge on any atom is 0.248 e. The van der Waals surface area contributed by atoms with E-state index in [4.69, 9.17) is 5.73 Å². The van der Waals surface area contributed by atoms with Crippen molar-refractivity contribution in [3.8, 4) is 22.4 Å². The first-order valence-electron chi connectivity index (χ1n) is 7.50. The number of primary amides is 1. The van der Waals surface area contributed by atoms with Gasteiger partial charge in [-0.15, -0.1) is 0 Å². The van der Waals surface area contributed by atoms with E-state index in [-0.39, 0.29) is 0 Å². The van der Waals surface area contributed by atoms with Gasteiger partial charge in [-0.2, -0.15) is 0 Å². The van der Waals surface area contributed by atoms with Gasteiger partial charge in [-0.25, -0.2) is 4.98 Å². The van der Waals surface area contributed by atoms with Gasteiger partial charge in [0.25, 0.3) is 0 Å². The second-order valence-electron chi connectivity index (χ2n) is 5.47. The van der Waals surface area contributed by atoms with Gasteiger partial charge >= 0.3 is 0 Å². The van der Waals surface area contributed by atoms with Crippen molar-refractivity contribution in [3.05, 3.63) is 78.9 Å². The van der Waals surface area contributed by atoms with Crippen LogP contribution < -0.4 is 5.73 Å². The van der Waals surface area contributed by atoms with Gasteiger partial charge in [-0.05, 0) is 29.3 Å². The van der Waals surface area contributed by atoms with Crippen molar-refractivity contribution in [3.63, 3.8) is 0 Å². The van der Waals surface area contributed by atoms with Crippen LogP contribution in [0.2, 0.25) is 0 Å². The molecular weight excluding hydrogens is 300 g/mol. The molecule has 2 aromatic heterocycles. The molecule has 0 bridgehead atoms. The molecule has 0 saturated carbocycles. The highest BCUT2D eigenvalue weighted by molar-refractivity contribution is 5.94. The second kappa shape index (κ2) is 5.62. The van der Waals surface area contributed by atoms with Gasteiger partial charge in [0.15, 0.2) is 5.65 Å². The lowest BCUT2D eigenvalue weighted by Gasteiger charge is -2.07. The van der Waals surface area contributed by atoms with Crippen LogP contribution in [-0.2, 0) is 0 Å². The van der Waals surface area contributed by atoms with Crippen LogP contribution in [0.4, 0.5) is 0 Å². The molecule has 24 heavy (non-hydrogen) atoms. The predicted octanol–water partition coefficient (Wildman–Crippen LogP) is 3.16. The van der Waals surface area contributed by atoms with E-state index < -0.39 is 5.91 Å². The Morgan fingerprint density at radius 2 is 1.71 bits per heavy atom. The van der Waals surface area contributed by atoms with E-state index in [9.17, 15) is 4.79 Å². The average Bonchev–Trinajstić information content (AvgIpc) is 3.06. The molecule has 0 radical (unpaired) electrons. The molecule has 0 aliphatic rings. The number of nitrogens with two attached hydrogens (primary N) is 1. The fourth-order valence-corrected chi connectivity index (χ4v) is 2.77. The third kappa shape index (κ3) is 2.42. The molecule has 4 aromatic rings. The number of benzene rings is 2. The van der Waals surface area contributed by atoms with Crippen molar-refractivity contribution < 1.29 is 4.79 Å². The van der Waals surface area contributed by atoms with Crippen LogP contribution in [0.5, 0.6) is 0 Å². The first kappa shape index (κ1) is 14.1. The molecule has 2 aromatic carbocycles.